The molecule has 76 valence electrons. The first-order valence-electron chi connectivity index (χ1n) is 5.22. The Labute approximate surface area is 84.5 Å². The Morgan fingerprint density at radius 1 is 1.21 bits per heavy atom. The van der Waals surface area contributed by atoms with Gasteiger partial charge in [0.2, 0.25) is 0 Å². The summed E-state index contributed by atoms with van der Waals surface area (Å²) in [7, 11) is 0. The van der Waals surface area contributed by atoms with Crippen LogP contribution in [-0.2, 0) is 4.74 Å². The van der Waals surface area contributed by atoms with Gasteiger partial charge in [0.05, 0.1) is 6.10 Å². The Morgan fingerprint density at radius 2 is 2.00 bits per heavy atom. The maximum absolute atomic E-state index is 10.0. The van der Waals surface area contributed by atoms with Crippen LogP contribution in [0.1, 0.15) is 30.9 Å². The summed E-state index contributed by atoms with van der Waals surface area (Å²) < 4.78 is 5.54. The van der Waals surface area contributed by atoms with E-state index >= 15 is 0 Å². The van der Waals surface area contributed by atoms with Crippen LogP contribution >= 0.6 is 0 Å². The fourth-order valence-corrected chi connectivity index (χ4v) is 1.88. The Hall–Kier alpha value is -0.860. The first-order chi connectivity index (χ1) is 6.88. The van der Waals surface area contributed by atoms with Crippen LogP contribution in [0.25, 0.3) is 0 Å². The molecule has 2 heteroatoms. The summed E-state index contributed by atoms with van der Waals surface area (Å²) >= 11 is 0. The predicted octanol–water partition coefficient (Wildman–Crippen LogP) is 2.29. The minimum absolute atomic E-state index is 0.00819. The lowest BCUT2D eigenvalue weighted by Crippen LogP contribution is -2.26. The molecule has 2 rings (SSSR count). The van der Waals surface area contributed by atoms with Crippen LogP contribution in [0, 0.1) is 0 Å². The molecular formula is C12H16O2. The average Bonchev–Trinajstić information content (AvgIpc) is 2.30. The molecule has 0 radical (unpaired) electrons. The molecule has 0 saturated carbocycles. The van der Waals surface area contributed by atoms with Crippen molar-refractivity contribution in [2.24, 2.45) is 0 Å². The Balaban J connectivity index is 2.03. The van der Waals surface area contributed by atoms with Gasteiger partial charge in [0.15, 0.2) is 0 Å². The van der Waals surface area contributed by atoms with E-state index in [1.807, 2.05) is 30.3 Å². The molecule has 0 bridgehead atoms. The van der Waals surface area contributed by atoms with Crippen molar-refractivity contribution >= 4 is 0 Å². The first-order valence-corrected chi connectivity index (χ1v) is 5.22. The topological polar surface area (TPSA) is 29.5 Å². The number of rotatable bonds is 2. The Bertz CT molecular complexity index is 265. The molecular weight excluding hydrogens is 176 g/mol. The Morgan fingerprint density at radius 3 is 2.64 bits per heavy atom. The Kier molecular flexibility index (Phi) is 3.17. The van der Waals surface area contributed by atoms with Gasteiger partial charge in [-0.05, 0) is 24.8 Å². The van der Waals surface area contributed by atoms with E-state index in [0.717, 1.165) is 31.4 Å². The van der Waals surface area contributed by atoms with E-state index in [4.69, 9.17) is 4.74 Å². The smallest absolute Gasteiger partial charge is 0.105 e. The SMILES string of the molecule is OC(c1ccccc1)C1CCCCO1. The summed E-state index contributed by atoms with van der Waals surface area (Å²) in [6.07, 6.45) is 2.78. The molecule has 1 fully saturated rings. The maximum Gasteiger partial charge on any atom is 0.105 e. The zero-order valence-electron chi connectivity index (χ0n) is 8.23. The second-order valence-electron chi connectivity index (χ2n) is 3.76. The van der Waals surface area contributed by atoms with E-state index in [2.05, 4.69) is 0 Å². The molecule has 0 amide bonds. The molecule has 1 aromatic carbocycles. The number of hydrogen-bond acceptors (Lipinski definition) is 2. The zero-order valence-corrected chi connectivity index (χ0v) is 8.23. The van der Waals surface area contributed by atoms with Crippen LogP contribution in [0.2, 0.25) is 0 Å². The number of aliphatic hydroxyl groups is 1. The predicted molar refractivity (Wildman–Crippen MR) is 55.0 cm³/mol. The lowest BCUT2D eigenvalue weighted by Gasteiger charge is -2.27. The number of hydrogen-bond donors (Lipinski definition) is 1. The summed E-state index contributed by atoms with van der Waals surface area (Å²) in [5.74, 6) is 0. The highest BCUT2D eigenvalue weighted by Crippen LogP contribution is 2.25. The van der Waals surface area contributed by atoms with Gasteiger partial charge in [-0.15, -0.1) is 0 Å². The molecule has 0 aliphatic carbocycles. The lowest BCUT2D eigenvalue weighted by atomic mass is 9.98. The van der Waals surface area contributed by atoms with Gasteiger partial charge in [-0.1, -0.05) is 30.3 Å². The number of benzene rings is 1. The van der Waals surface area contributed by atoms with Gasteiger partial charge in [0.1, 0.15) is 6.10 Å². The minimum Gasteiger partial charge on any atom is -0.386 e. The van der Waals surface area contributed by atoms with Crippen molar-refractivity contribution in [2.45, 2.75) is 31.5 Å². The van der Waals surface area contributed by atoms with Crippen molar-refractivity contribution in [3.05, 3.63) is 35.9 Å². The highest BCUT2D eigenvalue weighted by molar-refractivity contribution is 5.18. The largest absolute Gasteiger partial charge is 0.386 e. The summed E-state index contributed by atoms with van der Waals surface area (Å²) in [4.78, 5) is 0. The van der Waals surface area contributed by atoms with Crippen LogP contribution in [-0.4, -0.2) is 17.8 Å². The lowest BCUT2D eigenvalue weighted by molar-refractivity contribution is -0.0633. The molecule has 0 spiro atoms. The molecule has 2 unspecified atom stereocenters. The van der Waals surface area contributed by atoms with Crippen molar-refractivity contribution in [3.8, 4) is 0 Å². The second-order valence-corrected chi connectivity index (χ2v) is 3.76. The van der Waals surface area contributed by atoms with E-state index in [0.29, 0.717) is 0 Å². The first kappa shape index (κ1) is 9.69. The van der Waals surface area contributed by atoms with Crippen LogP contribution in [0.5, 0.6) is 0 Å². The van der Waals surface area contributed by atoms with Crippen LogP contribution in [0.3, 0.4) is 0 Å². The van der Waals surface area contributed by atoms with Gasteiger partial charge in [-0.2, -0.15) is 0 Å². The van der Waals surface area contributed by atoms with Gasteiger partial charge in [-0.25, -0.2) is 0 Å². The third kappa shape index (κ3) is 2.14. The van der Waals surface area contributed by atoms with Crippen molar-refractivity contribution in [1.82, 2.24) is 0 Å². The highest BCUT2D eigenvalue weighted by atomic mass is 16.5. The van der Waals surface area contributed by atoms with E-state index in [-0.39, 0.29) is 6.10 Å². The van der Waals surface area contributed by atoms with Gasteiger partial charge < -0.3 is 9.84 Å². The van der Waals surface area contributed by atoms with Crippen molar-refractivity contribution < 1.29 is 9.84 Å². The average molecular weight is 192 g/mol. The minimum atomic E-state index is -0.462. The van der Waals surface area contributed by atoms with Gasteiger partial charge in [0, 0.05) is 6.61 Å². The van der Waals surface area contributed by atoms with Gasteiger partial charge >= 0.3 is 0 Å². The number of ether oxygens (including phenoxy) is 1. The van der Waals surface area contributed by atoms with Gasteiger partial charge in [-0.3, -0.25) is 0 Å². The van der Waals surface area contributed by atoms with E-state index < -0.39 is 6.10 Å². The molecule has 2 nitrogen and oxygen atoms in total. The molecule has 14 heavy (non-hydrogen) atoms. The normalized spacial score (nSPS) is 24.5. The summed E-state index contributed by atoms with van der Waals surface area (Å²) in [5.41, 5.74) is 0.958. The monoisotopic (exact) mass is 192 g/mol. The molecule has 1 heterocycles. The van der Waals surface area contributed by atoms with Crippen molar-refractivity contribution in [3.63, 3.8) is 0 Å². The standard InChI is InChI=1S/C12H16O2/c13-12(10-6-2-1-3-7-10)11-8-4-5-9-14-11/h1-3,6-7,11-13H,4-5,8-9H2. The third-order valence-electron chi connectivity index (χ3n) is 2.71. The molecule has 1 aliphatic heterocycles. The molecule has 1 aromatic rings. The van der Waals surface area contributed by atoms with E-state index in [9.17, 15) is 5.11 Å². The van der Waals surface area contributed by atoms with Crippen LogP contribution in [0.4, 0.5) is 0 Å². The summed E-state index contributed by atoms with van der Waals surface area (Å²) in [6.45, 7) is 0.786. The molecule has 0 aromatic heterocycles. The fourth-order valence-electron chi connectivity index (χ4n) is 1.88. The quantitative estimate of drug-likeness (QED) is 0.779. The van der Waals surface area contributed by atoms with Gasteiger partial charge in [0.25, 0.3) is 0 Å². The summed E-state index contributed by atoms with van der Waals surface area (Å²) in [6, 6.07) is 9.74. The summed E-state index contributed by atoms with van der Waals surface area (Å²) in [5, 5.41) is 10.0. The highest BCUT2D eigenvalue weighted by Gasteiger charge is 2.23. The third-order valence-corrected chi connectivity index (χ3v) is 2.71. The molecule has 1 aliphatic rings. The number of aliphatic hydroxyl groups excluding tert-OH is 1. The molecule has 1 N–H and O–H groups in total. The van der Waals surface area contributed by atoms with E-state index in [1.54, 1.807) is 0 Å². The van der Waals surface area contributed by atoms with Crippen molar-refractivity contribution in [1.29, 1.82) is 0 Å². The fraction of sp³-hybridized carbons (Fsp3) is 0.500. The van der Waals surface area contributed by atoms with Crippen LogP contribution in [0.15, 0.2) is 30.3 Å². The van der Waals surface area contributed by atoms with Crippen molar-refractivity contribution in [2.75, 3.05) is 6.61 Å². The van der Waals surface area contributed by atoms with Crippen LogP contribution < -0.4 is 0 Å². The second kappa shape index (κ2) is 4.58. The molecule has 1 saturated heterocycles. The maximum atomic E-state index is 10.0. The molecule has 2 atom stereocenters. The van der Waals surface area contributed by atoms with E-state index in [1.165, 1.54) is 0 Å². The zero-order chi connectivity index (χ0) is 9.80.